The van der Waals surface area contributed by atoms with Crippen LogP contribution in [0.25, 0.3) is 12.2 Å². The van der Waals surface area contributed by atoms with Gasteiger partial charge in [0.05, 0.1) is 12.5 Å². The quantitative estimate of drug-likeness (QED) is 0.479. The topological polar surface area (TPSA) is 60.4 Å². The first-order valence-corrected chi connectivity index (χ1v) is 6.81. The summed E-state index contributed by atoms with van der Waals surface area (Å²) in [5.41, 5.74) is 0.996. The van der Waals surface area contributed by atoms with Crippen LogP contribution < -0.4 is 0 Å². The van der Waals surface area contributed by atoms with Gasteiger partial charge in [0, 0.05) is 11.1 Å². The van der Waals surface area contributed by atoms with Crippen LogP contribution in [0.3, 0.4) is 0 Å². The Morgan fingerprint density at radius 3 is 1.67 bits per heavy atom. The molecule has 0 bridgehead atoms. The third-order valence-corrected chi connectivity index (χ3v) is 3.40. The number of carbonyl (C=O) groups excluding carboxylic acids is 2. The number of allylic oxidation sites excluding steroid dienone is 2. The second-order valence-electron chi connectivity index (χ2n) is 4.88. The highest BCUT2D eigenvalue weighted by Crippen LogP contribution is 2.25. The van der Waals surface area contributed by atoms with E-state index in [2.05, 4.69) is 0 Å². The Bertz CT molecular complexity index is 638. The molecule has 2 aromatic rings. The van der Waals surface area contributed by atoms with Gasteiger partial charge in [-0.15, -0.1) is 0 Å². The Labute approximate surface area is 121 Å². The summed E-state index contributed by atoms with van der Waals surface area (Å²) in [5.74, 6) is 0.262. The zero-order valence-electron chi connectivity index (χ0n) is 11.4. The van der Waals surface area contributed by atoms with E-state index in [0.717, 1.165) is 6.42 Å². The summed E-state index contributed by atoms with van der Waals surface area (Å²) < 4.78 is 10.4. The highest BCUT2D eigenvalue weighted by atomic mass is 16.3. The lowest BCUT2D eigenvalue weighted by Gasteiger charge is -2.00. The lowest BCUT2D eigenvalue weighted by molar-refractivity contribution is -0.131. The lowest BCUT2D eigenvalue weighted by atomic mass is 10.0. The Morgan fingerprint density at radius 1 is 0.810 bits per heavy atom. The Kier molecular flexibility index (Phi) is 3.69. The van der Waals surface area contributed by atoms with Crippen molar-refractivity contribution >= 4 is 23.7 Å². The van der Waals surface area contributed by atoms with E-state index in [0.29, 0.717) is 35.5 Å². The van der Waals surface area contributed by atoms with Crippen LogP contribution in [-0.4, -0.2) is 11.6 Å². The first-order chi connectivity index (χ1) is 10.2. The number of furan rings is 2. The van der Waals surface area contributed by atoms with E-state index in [1.54, 1.807) is 36.4 Å². The van der Waals surface area contributed by atoms with Gasteiger partial charge in [0.2, 0.25) is 11.6 Å². The number of ketones is 2. The predicted octanol–water partition coefficient (Wildman–Crippen LogP) is 3.66. The summed E-state index contributed by atoms with van der Waals surface area (Å²) in [7, 11) is 0. The Balaban J connectivity index is 1.88. The van der Waals surface area contributed by atoms with Crippen molar-refractivity contribution in [1.29, 1.82) is 0 Å². The number of carbonyl (C=O) groups is 2. The van der Waals surface area contributed by atoms with Gasteiger partial charge in [0.25, 0.3) is 0 Å². The number of hydrogen-bond donors (Lipinski definition) is 0. The van der Waals surface area contributed by atoms with Crippen LogP contribution in [0.1, 0.15) is 30.8 Å². The van der Waals surface area contributed by atoms with Gasteiger partial charge in [0.1, 0.15) is 11.5 Å². The summed E-state index contributed by atoms with van der Waals surface area (Å²) in [6.07, 6.45) is 8.26. The van der Waals surface area contributed by atoms with Crippen LogP contribution >= 0.6 is 0 Å². The molecule has 0 spiro atoms. The maximum absolute atomic E-state index is 12.3. The largest absolute Gasteiger partial charge is 0.465 e. The molecule has 0 aliphatic heterocycles. The van der Waals surface area contributed by atoms with Gasteiger partial charge in [-0.25, -0.2) is 0 Å². The van der Waals surface area contributed by atoms with Crippen LogP contribution in [-0.2, 0) is 9.59 Å². The highest BCUT2D eigenvalue weighted by molar-refractivity contribution is 6.50. The number of rotatable bonds is 2. The minimum atomic E-state index is -0.457. The summed E-state index contributed by atoms with van der Waals surface area (Å²) in [6, 6.07) is 7.01. The fraction of sp³-hybridized carbons (Fsp3) is 0.176. The molecular formula is C17H14O4. The average molecular weight is 282 g/mol. The molecule has 1 aliphatic rings. The second kappa shape index (κ2) is 5.79. The lowest BCUT2D eigenvalue weighted by Crippen LogP contribution is -2.15. The first-order valence-electron chi connectivity index (χ1n) is 6.81. The fourth-order valence-electron chi connectivity index (χ4n) is 2.35. The van der Waals surface area contributed by atoms with Crippen molar-refractivity contribution in [3.8, 4) is 0 Å². The first kappa shape index (κ1) is 13.4. The van der Waals surface area contributed by atoms with Gasteiger partial charge in [-0.05, 0) is 55.7 Å². The van der Waals surface area contributed by atoms with Crippen molar-refractivity contribution in [3.05, 3.63) is 59.5 Å². The van der Waals surface area contributed by atoms with Crippen molar-refractivity contribution in [2.75, 3.05) is 0 Å². The maximum Gasteiger partial charge on any atom is 0.229 e. The molecule has 0 atom stereocenters. The monoisotopic (exact) mass is 282 g/mol. The zero-order chi connectivity index (χ0) is 14.7. The van der Waals surface area contributed by atoms with Gasteiger partial charge in [-0.1, -0.05) is 0 Å². The van der Waals surface area contributed by atoms with Crippen molar-refractivity contribution in [2.45, 2.75) is 19.3 Å². The van der Waals surface area contributed by atoms with Gasteiger partial charge >= 0.3 is 0 Å². The van der Waals surface area contributed by atoms with E-state index >= 15 is 0 Å². The molecule has 4 heteroatoms. The fourth-order valence-corrected chi connectivity index (χ4v) is 2.35. The molecule has 2 heterocycles. The molecule has 0 saturated heterocycles. The smallest absolute Gasteiger partial charge is 0.229 e. The van der Waals surface area contributed by atoms with E-state index in [-0.39, 0.29) is 0 Å². The van der Waals surface area contributed by atoms with Crippen LogP contribution in [0.2, 0.25) is 0 Å². The minimum Gasteiger partial charge on any atom is -0.465 e. The van der Waals surface area contributed by atoms with Crippen molar-refractivity contribution in [3.63, 3.8) is 0 Å². The van der Waals surface area contributed by atoms with Crippen LogP contribution in [0.4, 0.5) is 0 Å². The van der Waals surface area contributed by atoms with E-state index in [1.165, 1.54) is 12.5 Å². The van der Waals surface area contributed by atoms with Crippen LogP contribution in [0, 0.1) is 0 Å². The molecule has 1 aliphatic carbocycles. The molecule has 3 rings (SSSR count). The van der Waals surface area contributed by atoms with Gasteiger partial charge in [-0.2, -0.15) is 0 Å². The molecule has 0 amide bonds. The van der Waals surface area contributed by atoms with E-state index in [1.807, 2.05) is 0 Å². The zero-order valence-corrected chi connectivity index (χ0v) is 11.4. The normalized spacial score (nSPS) is 20.2. The van der Waals surface area contributed by atoms with Gasteiger partial charge < -0.3 is 8.83 Å². The molecular weight excluding hydrogens is 268 g/mol. The SMILES string of the molecule is O=C1C(=O)/C(=C/c2ccco2)CCC/C1=C/c1ccco1. The standard InChI is InChI=1S/C17H14O4/c18-16-12(10-14-6-2-8-20-14)4-1-5-13(17(16)19)11-15-7-3-9-21-15/h2-3,6-11H,1,4-5H2/b12-10-,13-11+. The third kappa shape index (κ3) is 2.94. The van der Waals surface area contributed by atoms with E-state index in [9.17, 15) is 9.59 Å². The summed E-state index contributed by atoms with van der Waals surface area (Å²) in [4.78, 5) is 24.6. The molecule has 1 fully saturated rings. The number of hydrogen-bond acceptors (Lipinski definition) is 4. The van der Waals surface area contributed by atoms with Crippen molar-refractivity contribution in [2.24, 2.45) is 0 Å². The summed E-state index contributed by atoms with van der Waals surface area (Å²) in [6.45, 7) is 0. The van der Waals surface area contributed by atoms with Crippen LogP contribution in [0.5, 0.6) is 0 Å². The summed E-state index contributed by atoms with van der Waals surface area (Å²) >= 11 is 0. The molecule has 21 heavy (non-hydrogen) atoms. The Hall–Kier alpha value is -2.62. The molecule has 0 aromatic carbocycles. The van der Waals surface area contributed by atoms with Crippen molar-refractivity contribution in [1.82, 2.24) is 0 Å². The van der Waals surface area contributed by atoms with Gasteiger partial charge in [-0.3, -0.25) is 9.59 Å². The molecule has 106 valence electrons. The number of Topliss-reactive ketones (excluding diaryl/α,β-unsaturated/α-hetero) is 2. The van der Waals surface area contributed by atoms with Crippen LogP contribution in [0.15, 0.2) is 56.8 Å². The minimum absolute atomic E-state index is 0.457. The molecule has 0 radical (unpaired) electrons. The third-order valence-electron chi connectivity index (χ3n) is 3.40. The predicted molar refractivity (Wildman–Crippen MR) is 77.2 cm³/mol. The molecule has 0 N–H and O–H groups in total. The maximum atomic E-state index is 12.3. The summed E-state index contributed by atoms with van der Waals surface area (Å²) in [5, 5.41) is 0. The van der Waals surface area contributed by atoms with E-state index < -0.39 is 11.6 Å². The molecule has 2 aromatic heterocycles. The van der Waals surface area contributed by atoms with Gasteiger partial charge in [0.15, 0.2) is 0 Å². The van der Waals surface area contributed by atoms with E-state index in [4.69, 9.17) is 8.83 Å². The average Bonchev–Trinajstić information content (AvgIpc) is 3.14. The molecule has 4 nitrogen and oxygen atoms in total. The highest BCUT2D eigenvalue weighted by Gasteiger charge is 2.26. The second-order valence-corrected chi connectivity index (χ2v) is 4.88. The molecule has 1 saturated carbocycles. The molecule has 0 unspecified atom stereocenters. The van der Waals surface area contributed by atoms with Crippen molar-refractivity contribution < 1.29 is 18.4 Å². The Morgan fingerprint density at radius 2 is 1.29 bits per heavy atom.